The van der Waals surface area contributed by atoms with Gasteiger partial charge in [0.05, 0.1) is 11.9 Å². The molecular formula is C9H17N5O2S. The fourth-order valence-corrected chi connectivity index (χ4v) is 1.91. The van der Waals surface area contributed by atoms with E-state index in [2.05, 4.69) is 15.5 Å². The number of amides is 1. The van der Waals surface area contributed by atoms with Gasteiger partial charge >= 0.3 is 0 Å². The average molecular weight is 259 g/mol. The fraction of sp³-hybridized carbons (Fsp3) is 0.667. The zero-order chi connectivity index (χ0) is 12.8. The zero-order valence-corrected chi connectivity index (χ0v) is 11.0. The maximum absolute atomic E-state index is 11.7. The number of nitrogens with two attached hydrogens (primary N) is 1. The summed E-state index contributed by atoms with van der Waals surface area (Å²) in [6, 6.07) is 0. The molecule has 0 bridgehead atoms. The van der Waals surface area contributed by atoms with Crippen molar-refractivity contribution in [1.29, 1.82) is 0 Å². The van der Waals surface area contributed by atoms with Gasteiger partial charge in [0, 0.05) is 20.7 Å². The number of hydrogen-bond acceptors (Lipinski definition) is 6. The Balaban J connectivity index is 2.45. The normalized spacial score (nSPS) is 12.4. The number of carbonyl (C=O) groups is 1. The average Bonchev–Trinajstić information content (AvgIpc) is 2.61. The molecule has 1 unspecified atom stereocenters. The minimum Gasteiger partial charge on any atom is -0.383 e. The van der Waals surface area contributed by atoms with Crippen molar-refractivity contribution in [3.05, 3.63) is 0 Å². The maximum Gasteiger partial charge on any atom is 0.233 e. The highest BCUT2D eigenvalue weighted by atomic mass is 32.2. The third kappa shape index (κ3) is 3.90. The number of carbonyl (C=O) groups excluding carboxylic acids is 1. The summed E-state index contributed by atoms with van der Waals surface area (Å²) in [5.74, 6) is 0.271. The monoisotopic (exact) mass is 259 g/mol. The van der Waals surface area contributed by atoms with E-state index in [1.807, 2.05) is 0 Å². The lowest BCUT2D eigenvalue weighted by Crippen LogP contribution is -2.33. The summed E-state index contributed by atoms with van der Waals surface area (Å²) in [6.45, 7) is 2.80. The van der Waals surface area contributed by atoms with Crippen molar-refractivity contribution in [3.8, 4) is 0 Å². The topological polar surface area (TPSA) is 95.1 Å². The molecule has 0 aliphatic rings. The molecule has 0 radical (unpaired) electrons. The molecule has 0 spiro atoms. The van der Waals surface area contributed by atoms with Crippen LogP contribution in [0.1, 0.15) is 6.92 Å². The molecule has 17 heavy (non-hydrogen) atoms. The number of thioether (sulfide) groups is 1. The van der Waals surface area contributed by atoms with Crippen LogP contribution in [0.4, 0.5) is 5.95 Å². The predicted octanol–water partition coefficient (Wildman–Crippen LogP) is -0.359. The lowest BCUT2D eigenvalue weighted by molar-refractivity contribution is -0.120. The van der Waals surface area contributed by atoms with Gasteiger partial charge in [-0.2, -0.15) is 0 Å². The van der Waals surface area contributed by atoms with Crippen molar-refractivity contribution < 1.29 is 9.53 Å². The molecular weight excluding hydrogens is 242 g/mol. The number of hydrogen-bond donors (Lipinski definition) is 2. The summed E-state index contributed by atoms with van der Waals surface area (Å²) in [5.41, 5.74) is 5.55. The number of nitrogens with one attached hydrogen (secondary N) is 1. The molecule has 1 amide bonds. The summed E-state index contributed by atoms with van der Waals surface area (Å²) in [5, 5.41) is 10.7. The highest BCUT2D eigenvalue weighted by Gasteiger charge is 2.17. The number of ether oxygens (including phenoxy) is 1. The lowest BCUT2D eigenvalue weighted by Gasteiger charge is -2.10. The summed E-state index contributed by atoms with van der Waals surface area (Å²) >= 11 is 1.31. The smallest absolute Gasteiger partial charge is 0.233 e. The standard InChI is InChI=1S/C9H17N5O2S/c1-6(7(15)11-4-5-16-3)17-9-13-12-8(10)14(9)2/h6H,4-5H2,1-3H3,(H2,10,12)(H,11,15). The van der Waals surface area contributed by atoms with Crippen LogP contribution in [-0.2, 0) is 16.6 Å². The third-order valence-corrected chi connectivity index (χ3v) is 3.26. The molecule has 0 aromatic carbocycles. The van der Waals surface area contributed by atoms with Gasteiger partial charge in [-0.05, 0) is 6.92 Å². The highest BCUT2D eigenvalue weighted by molar-refractivity contribution is 8.00. The van der Waals surface area contributed by atoms with Gasteiger partial charge in [-0.1, -0.05) is 11.8 Å². The molecule has 1 aromatic heterocycles. The van der Waals surface area contributed by atoms with E-state index in [0.717, 1.165) is 0 Å². The van der Waals surface area contributed by atoms with Crippen LogP contribution in [0.25, 0.3) is 0 Å². The van der Waals surface area contributed by atoms with Gasteiger partial charge in [-0.15, -0.1) is 10.2 Å². The molecule has 1 atom stereocenters. The first kappa shape index (κ1) is 13.8. The molecule has 0 aliphatic heterocycles. The van der Waals surface area contributed by atoms with Gasteiger partial charge in [-0.25, -0.2) is 0 Å². The number of nitrogen functional groups attached to an aromatic ring is 1. The summed E-state index contributed by atoms with van der Waals surface area (Å²) in [6.07, 6.45) is 0. The number of nitrogens with zero attached hydrogens (tertiary/aromatic N) is 3. The molecule has 3 N–H and O–H groups in total. The van der Waals surface area contributed by atoms with Crippen LogP contribution >= 0.6 is 11.8 Å². The van der Waals surface area contributed by atoms with Crippen LogP contribution in [0.3, 0.4) is 0 Å². The SMILES string of the molecule is COCCNC(=O)C(C)Sc1nnc(N)n1C. The van der Waals surface area contributed by atoms with Gasteiger partial charge in [-0.3, -0.25) is 9.36 Å². The van der Waals surface area contributed by atoms with E-state index in [4.69, 9.17) is 10.5 Å². The van der Waals surface area contributed by atoms with Gasteiger partial charge in [0.2, 0.25) is 11.9 Å². The highest BCUT2D eigenvalue weighted by Crippen LogP contribution is 2.21. The Bertz CT molecular complexity index is 381. The minimum atomic E-state index is -0.255. The molecule has 8 heteroatoms. The Hall–Kier alpha value is -1.28. The molecule has 1 aromatic rings. The molecule has 1 heterocycles. The third-order valence-electron chi connectivity index (χ3n) is 2.13. The van der Waals surface area contributed by atoms with Gasteiger partial charge in [0.25, 0.3) is 0 Å². The largest absolute Gasteiger partial charge is 0.383 e. The van der Waals surface area contributed by atoms with E-state index in [9.17, 15) is 4.79 Å². The second-order valence-electron chi connectivity index (χ2n) is 3.44. The number of anilines is 1. The first-order valence-corrected chi connectivity index (χ1v) is 6.02. The predicted molar refractivity (Wildman–Crippen MR) is 65.6 cm³/mol. The second kappa shape index (κ2) is 6.45. The lowest BCUT2D eigenvalue weighted by atomic mass is 10.4. The molecule has 96 valence electrons. The Labute approximate surface area is 104 Å². The quantitative estimate of drug-likeness (QED) is 0.535. The molecule has 1 rings (SSSR count). The maximum atomic E-state index is 11.7. The zero-order valence-electron chi connectivity index (χ0n) is 10.1. The van der Waals surface area contributed by atoms with Crippen LogP contribution in [0.5, 0.6) is 0 Å². The molecule has 0 saturated carbocycles. The first-order valence-electron chi connectivity index (χ1n) is 5.14. The van der Waals surface area contributed by atoms with Gasteiger partial charge < -0.3 is 15.8 Å². The van der Waals surface area contributed by atoms with Crippen molar-refractivity contribution in [2.24, 2.45) is 7.05 Å². The van der Waals surface area contributed by atoms with Crippen LogP contribution in [0, 0.1) is 0 Å². The van der Waals surface area contributed by atoms with Crippen molar-refractivity contribution in [1.82, 2.24) is 20.1 Å². The van der Waals surface area contributed by atoms with Crippen LogP contribution < -0.4 is 11.1 Å². The Kier molecular flexibility index (Phi) is 5.23. The van der Waals surface area contributed by atoms with Crippen LogP contribution in [0.15, 0.2) is 5.16 Å². The van der Waals surface area contributed by atoms with Crippen molar-refractivity contribution in [2.45, 2.75) is 17.3 Å². The van der Waals surface area contributed by atoms with E-state index in [0.29, 0.717) is 24.3 Å². The summed E-state index contributed by atoms with van der Waals surface area (Å²) in [4.78, 5) is 11.7. The first-order chi connectivity index (χ1) is 8.06. The minimum absolute atomic E-state index is 0.0615. The molecule has 0 fully saturated rings. The van der Waals surface area contributed by atoms with E-state index in [-0.39, 0.29) is 11.2 Å². The number of aromatic nitrogens is 3. The van der Waals surface area contributed by atoms with Crippen molar-refractivity contribution >= 4 is 23.6 Å². The second-order valence-corrected chi connectivity index (χ2v) is 4.75. The van der Waals surface area contributed by atoms with E-state index >= 15 is 0 Å². The van der Waals surface area contributed by atoms with E-state index in [1.54, 1.807) is 25.6 Å². The van der Waals surface area contributed by atoms with Gasteiger partial charge in [0.15, 0.2) is 5.16 Å². The number of rotatable bonds is 6. The summed E-state index contributed by atoms with van der Waals surface area (Å²) in [7, 11) is 3.35. The van der Waals surface area contributed by atoms with Crippen molar-refractivity contribution in [3.63, 3.8) is 0 Å². The molecule has 0 saturated heterocycles. The van der Waals surface area contributed by atoms with E-state index < -0.39 is 0 Å². The number of methoxy groups -OCH3 is 1. The molecule has 0 aliphatic carbocycles. The Morgan fingerprint density at radius 2 is 2.35 bits per heavy atom. The molecule has 7 nitrogen and oxygen atoms in total. The Morgan fingerprint density at radius 1 is 1.65 bits per heavy atom. The summed E-state index contributed by atoms with van der Waals surface area (Å²) < 4.78 is 6.49. The van der Waals surface area contributed by atoms with Crippen molar-refractivity contribution in [2.75, 3.05) is 26.0 Å². The van der Waals surface area contributed by atoms with Gasteiger partial charge in [0.1, 0.15) is 0 Å². The Morgan fingerprint density at radius 3 is 2.88 bits per heavy atom. The fourth-order valence-electron chi connectivity index (χ4n) is 1.06. The van der Waals surface area contributed by atoms with Crippen LogP contribution in [-0.4, -0.2) is 46.2 Å². The van der Waals surface area contributed by atoms with E-state index in [1.165, 1.54) is 11.8 Å². The van der Waals surface area contributed by atoms with Crippen LogP contribution in [0.2, 0.25) is 0 Å².